The number of nitrogens with one attached hydrogen (secondary N) is 3. The van der Waals surface area contributed by atoms with Crippen LogP contribution in [0.3, 0.4) is 0 Å². The molecule has 1 atom stereocenters. The molecule has 1 aromatic carbocycles. The number of aliphatic imine (C=N–C) groups is 1. The fourth-order valence-electron chi connectivity index (χ4n) is 2.92. The summed E-state index contributed by atoms with van der Waals surface area (Å²) in [4.78, 5) is 18.5. The number of carbonyl (C=O) groups excluding carboxylic acids is 1. The van der Waals surface area contributed by atoms with Crippen LogP contribution in [0.5, 0.6) is 0 Å². The molecule has 8 heteroatoms. The molecule has 152 valence electrons. The van der Waals surface area contributed by atoms with Crippen molar-refractivity contribution in [3.05, 3.63) is 29.3 Å². The normalized spacial score (nSPS) is 16.6. The fraction of sp³-hybridized carbons (Fsp3) is 0.579. The maximum absolute atomic E-state index is 11.7. The third kappa shape index (κ3) is 8.55. The van der Waals surface area contributed by atoms with Crippen molar-refractivity contribution in [2.45, 2.75) is 39.2 Å². The van der Waals surface area contributed by atoms with Crippen LogP contribution in [-0.4, -0.2) is 50.6 Å². The van der Waals surface area contributed by atoms with Crippen molar-refractivity contribution in [1.82, 2.24) is 16.0 Å². The highest BCUT2D eigenvalue weighted by Gasteiger charge is 2.23. The van der Waals surface area contributed by atoms with Gasteiger partial charge in [0.1, 0.15) is 0 Å². The van der Waals surface area contributed by atoms with Crippen molar-refractivity contribution in [1.29, 1.82) is 0 Å². The van der Waals surface area contributed by atoms with E-state index in [0.717, 1.165) is 55.7 Å². The highest BCUT2D eigenvalue weighted by atomic mass is 127. The van der Waals surface area contributed by atoms with Gasteiger partial charge in [-0.1, -0.05) is 24.6 Å². The first-order chi connectivity index (χ1) is 12.6. The maximum Gasteiger partial charge on any atom is 0.221 e. The molecule has 1 unspecified atom stereocenters. The second-order valence-electron chi connectivity index (χ2n) is 6.42. The maximum atomic E-state index is 11.7. The van der Waals surface area contributed by atoms with Crippen molar-refractivity contribution in [3.8, 4) is 0 Å². The lowest BCUT2D eigenvalue weighted by atomic mass is 10.2. The third-order valence-electron chi connectivity index (χ3n) is 4.23. The second-order valence-corrected chi connectivity index (χ2v) is 6.85. The van der Waals surface area contributed by atoms with E-state index in [4.69, 9.17) is 11.6 Å². The van der Waals surface area contributed by atoms with Crippen molar-refractivity contribution < 1.29 is 4.79 Å². The third-order valence-corrected chi connectivity index (χ3v) is 4.46. The summed E-state index contributed by atoms with van der Waals surface area (Å²) in [5, 5.41) is 10.4. The van der Waals surface area contributed by atoms with Crippen molar-refractivity contribution in [2.24, 2.45) is 4.99 Å². The molecule has 27 heavy (non-hydrogen) atoms. The highest BCUT2D eigenvalue weighted by molar-refractivity contribution is 14.0. The molecule has 1 aliphatic rings. The number of amides is 1. The van der Waals surface area contributed by atoms with Crippen LogP contribution in [0.2, 0.25) is 5.02 Å². The number of nitrogens with zero attached hydrogens (tertiary/aromatic N) is 2. The zero-order valence-electron chi connectivity index (χ0n) is 16.1. The lowest BCUT2D eigenvalue weighted by Gasteiger charge is -2.20. The largest absolute Gasteiger partial charge is 0.369 e. The number of halogens is 2. The summed E-state index contributed by atoms with van der Waals surface area (Å²) in [6.45, 7) is 7.97. The minimum Gasteiger partial charge on any atom is -0.369 e. The molecule has 2 rings (SSSR count). The zero-order chi connectivity index (χ0) is 18.8. The Kier molecular flexibility index (Phi) is 11.5. The van der Waals surface area contributed by atoms with Gasteiger partial charge in [0.2, 0.25) is 5.91 Å². The van der Waals surface area contributed by atoms with Gasteiger partial charge in [0.05, 0.1) is 6.54 Å². The molecule has 1 aliphatic heterocycles. The fourth-order valence-corrected chi connectivity index (χ4v) is 3.11. The number of carbonyl (C=O) groups is 1. The molecule has 3 N–H and O–H groups in total. The molecular weight excluding hydrogens is 477 g/mol. The van der Waals surface area contributed by atoms with E-state index in [-0.39, 0.29) is 29.9 Å². The Bertz CT molecular complexity index is 614. The van der Waals surface area contributed by atoms with Gasteiger partial charge in [-0.2, -0.15) is 0 Å². The number of hydrogen-bond acceptors (Lipinski definition) is 3. The molecular formula is C19H31ClIN5O. The van der Waals surface area contributed by atoms with Gasteiger partial charge in [0, 0.05) is 49.4 Å². The smallest absolute Gasteiger partial charge is 0.221 e. The molecule has 1 amide bonds. The summed E-state index contributed by atoms with van der Waals surface area (Å²) in [6, 6.07) is 8.28. The highest BCUT2D eigenvalue weighted by Crippen LogP contribution is 2.23. The minimum absolute atomic E-state index is 0. The summed E-state index contributed by atoms with van der Waals surface area (Å²) in [7, 11) is 0. The zero-order valence-corrected chi connectivity index (χ0v) is 19.2. The number of rotatable bonds is 8. The van der Waals surface area contributed by atoms with Crippen LogP contribution in [0.25, 0.3) is 0 Å². The molecule has 0 saturated carbocycles. The summed E-state index contributed by atoms with van der Waals surface area (Å²) >= 11 is 6.10. The van der Waals surface area contributed by atoms with Gasteiger partial charge < -0.3 is 20.9 Å². The molecule has 1 saturated heterocycles. The summed E-state index contributed by atoms with van der Waals surface area (Å²) < 4.78 is 0. The molecule has 1 fully saturated rings. The van der Waals surface area contributed by atoms with E-state index in [2.05, 4.69) is 31.9 Å². The van der Waals surface area contributed by atoms with Crippen LogP contribution in [0.1, 0.15) is 33.1 Å². The van der Waals surface area contributed by atoms with Gasteiger partial charge in [0.15, 0.2) is 5.96 Å². The van der Waals surface area contributed by atoms with Crippen molar-refractivity contribution in [3.63, 3.8) is 0 Å². The predicted molar refractivity (Wildman–Crippen MR) is 125 cm³/mol. The number of anilines is 1. The topological polar surface area (TPSA) is 68.8 Å². The first-order valence-corrected chi connectivity index (χ1v) is 9.82. The average Bonchev–Trinajstić information content (AvgIpc) is 3.08. The summed E-state index contributed by atoms with van der Waals surface area (Å²) in [6.07, 6.45) is 2.40. The molecule has 6 nitrogen and oxygen atoms in total. The summed E-state index contributed by atoms with van der Waals surface area (Å²) in [5.41, 5.74) is 1.15. The molecule has 0 spiro atoms. The first kappa shape index (κ1) is 23.8. The standard InChI is InChI=1S/C19H30ClN5O.HI/c1-3-10-22-18(26)8-11-23-19(21-4-2)24-16-9-12-25(14-16)17-7-5-6-15(20)13-17;/h5-7,13,16H,3-4,8-12,14H2,1-2H3,(H,22,26)(H2,21,23,24);1H. The molecule has 0 radical (unpaired) electrons. The molecule has 0 aliphatic carbocycles. The van der Waals surface area contributed by atoms with Crippen LogP contribution >= 0.6 is 35.6 Å². The van der Waals surface area contributed by atoms with E-state index in [1.165, 1.54) is 0 Å². The van der Waals surface area contributed by atoms with E-state index in [0.29, 0.717) is 19.0 Å². The van der Waals surface area contributed by atoms with Gasteiger partial charge in [-0.25, -0.2) is 0 Å². The SMILES string of the molecule is CCCNC(=O)CCN=C(NCC)NC1CCN(c2cccc(Cl)c2)C1.I. The molecule has 1 heterocycles. The number of hydrogen-bond donors (Lipinski definition) is 3. The van der Waals surface area contributed by atoms with Crippen LogP contribution in [-0.2, 0) is 4.79 Å². The Morgan fingerprint density at radius 3 is 2.85 bits per heavy atom. The quantitative estimate of drug-likeness (QED) is 0.287. The predicted octanol–water partition coefficient (Wildman–Crippen LogP) is 3.01. The van der Waals surface area contributed by atoms with E-state index >= 15 is 0 Å². The lowest BCUT2D eigenvalue weighted by molar-refractivity contribution is -0.120. The van der Waals surface area contributed by atoms with Crippen LogP contribution in [0, 0.1) is 0 Å². The molecule has 0 aromatic heterocycles. The molecule has 1 aromatic rings. The number of benzene rings is 1. The van der Waals surface area contributed by atoms with Gasteiger partial charge >= 0.3 is 0 Å². The van der Waals surface area contributed by atoms with Crippen LogP contribution in [0.4, 0.5) is 5.69 Å². The van der Waals surface area contributed by atoms with Gasteiger partial charge in [-0.05, 0) is 38.0 Å². The first-order valence-electron chi connectivity index (χ1n) is 9.44. The Morgan fingerprint density at radius 2 is 2.15 bits per heavy atom. The Labute approximate surface area is 184 Å². The lowest BCUT2D eigenvalue weighted by Crippen LogP contribution is -2.44. The summed E-state index contributed by atoms with van der Waals surface area (Å²) in [5.74, 6) is 0.827. The molecule has 0 bridgehead atoms. The second kappa shape index (κ2) is 13.0. The van der Waals surface area contributed by atoms with Gasteiger partial charge in [-0.3, -0.25) is 9.79 Å². The van der Waals surface area contributed by atoms with E-state index in [1.807, 2.05) is 32.0 Å². The Balaban J connectivity index is 0.00000364. The van der Waals surface area contributed by atoms with E-state index < -0.39 is 0 Å². The van der Waals surface area contributed by atoms with Crippen molar-refractivity contribution in [2.75, 3.05) is 37.6 Å². The minimum atomic E-state index is 0. The Morgan fingerprint density at radius 1 is 1.33 bits per heavy atom. The average molecular weight is 508 g/mol. The van der Waals surface area contributed by atoms with Crippen LogP contribution in [0.15, 0.2) is 29.3 Å². The van der Waals surface area contributed by atoms with Crippen molar-refractivity contribution >= 4 is 53.1 Å². The monoisotopic (exact) mass is 507 g/mol. The van der Waals surface area contributed by atoms with E-state index in [9.17, 15) is 4.79 Å². The van der Waals surface area contributed by atoms with Gasteiger partial charge in [0.25, 0.3) is 0 Å². The van der Waals surface area contributed by atoms with Gasteiger partial charge in [-0.15, -0.1) is 24.0 Å². The van der Waals surface area contributed by atoms with E-state index in [1.54, 1.807) is 0 Å². The number of guanidine groups is 1. The Hall–Kier alpha value is -1.22. The van der Waals surface area contributed by atoms with Crippen LogP contribution < -0.4 is 20.9 Å².